The second-order valence-electron chi connectivity index (χ2n) is 8.75. The molecule has 1 aliphatic rings. The number of aromatic hydroxyl groups is 3. The van der Waals surface area contributed by atoms with Crippen molar-refractivity contribution < 1.29 is 29.5 Å². The molecule has 3 N–H and O–H groups in total. The Morgan fingerprint density at radius 3 is 2.08 bits per heavy atom. The molecule has 6 nitrogen and oxygen atoms in total. The van der Waals surface area contributed by atoms with Gasteiger partial charge in [0.15, 0.2) is 0 Å². The quantitative estimate of drug-likeness (QED) is 0.164. The van der Waals surface area contributed by atoms with E-state index in [4.69, 9.17) is 14.2 Å². The third-order valence-corrected chi connectivity index (χ3v) is 7.57. The number of rotatable bonds is 6. The standard InChI is InChI=1S/C30H25IO6/c1-35-22-11-18(12-23(16-22)36-2)4-3-17-5-10-27-24(13-17)28(25-14-21(33)15-26(34)29(25)31)30(37-27)19-6-8-20(32)9-7-19/h3-16,28,30,32-34H,1-2H3/b4-3+. The van der Waals surface area contributed by atoms with E-state index in [1.54, 1.807) is 32.4 Å². The molecular formula is C30H25IO6. The second kappa shape index (κ2) is 10.3. The maximum atomic E-state index is 10.5. The first-order chi connectivity index (χ1) is 17.9. The average Bonchev–Trinajstić information content (AvgIpc) is 3.28. The van der Waals surface area contributed by atoms with Gasteiger partial charge in [0.25, 0.3) is 0 Å². The van der Waals surface area contributed by atoms with Gasteiger partial charge in [0.1, 0.15) is 40.6 Å². The molecule has 0 saturated carbocycles. The van der Waals surface area contributed by atoms with Crippen molar-refractivity contribution >= 4 is 34.7 Å². The van der Waals surface area contributed by atoms with E-state index in [0.717, 1.165) is 33.6 Å². The van der Waals surface area contributed by atoms with Gasteiger partial charge >= 0.3 is 0 Å². The highest BCUT2D eigenvalue weighted by atomic mass is 127. The van der Waals surface area contributed by atoms with Gasteiger partial charge in [-0.05, 0) is 87.3 Å². The lowest BCUT2D eigenvalue weighted by Crippen LogP contribution is -2.12. The summed E-state index contributed by atoms with van der Waals surface area (Å²) < 4.78 is 17.8. The molecule has 0 saturated heterocycles. The molecule has 2 unspecified atom stereocenters. The number of fused-ring (bicyclic) bond motifs is 1. The lowest BCUT2D eigenvalue weighted by Gasteiger charge is -2.22. The fourth-order valence-electron chi connectivity index (χ4n) is 4.60. The fourth-order valence-corrected chi connectivity index (χ4v) is 5.25. The molecule has 37 heavy (non-hydrogen) atoms. The molecule has 4 aromatic rings. The van der Waals surface area contributed by atoms with Crippen LogP contribution >= 0.6 is 22.6 Å². The van der Waals surface area contributed by atoms with E-state index >= 15 is 0 Å². The molecule has 0 bridgehead atoms. The molecule has 2 atom stereocenters. The summed E-state index contributed by atoms with van der Waals surface area (Å²) in [7, 11) is 3.24. The van der Waals surface area contributed by atoms with Crippen molar-refractivity contribution in [2.45, 2.75) is 12.0 Å². The molecule has 1 aliphatic heterocycles. The van der Waals surface area contributed by atoms with Crippen molar-refractivity contribution in [1.82, 2.24) is 0 Å². The number of hydrogen-bond acceptors (Lipinski definition) is 6. The minimum absolute atomic E-state index is 0.0107. The number of halogens is 1. The summed E-state index contributed by atoms with van der Waals surface area (Å²) in [6.07, 6.45) is 3.58. The summed E-state index contributed by atoms with van der Waals surface area (Å²) in [6, 6.07) is 21.6. The minimum atomic E-state index is -0.410. The van der Waals surface area contributed by atoms with E-state index in [-0.39, 0.29) is 23.2 Å². The number of ether oxygens (including phenoxy) is 3. The summed E-state index contributed by atoms with van der Waals surface area (Å²) in [4.78, 5) is 0. The van der Waals surface area contributed by atoms with Crippen LogP contribution in [0.25, 0.3) is 12.2 Å². The summed E-state index contributed by atoms with van der Waals surface area (Å²) in [6.45, 7) is 0. The first kappa shape index (κ1) is 24.8. The van der Waals surface area contributed by atoms with Crippen LogP contribution in [0.4, 0.5) is 0 Å². The molecular weight excluding hydrogens is 583 g/mol. The third-order valence-electron chi connectivity index (χ3n) is 6.39. The van der Waals surface area contributed by atoms with Crippen molar-refractivity contribution in [2.24, 2.45) is 0 Å². The van der Waals surface area contributed by atoms with Crippen molar-refractivity contribution in [3.05, 3.63) is 104 Å². The Morgan fingerprint density at radius 2 is 1.41 bits per heavy atom. The van der Waals surface area contributed by atoms with Gasteiger partial charge < -0.3 is 29.5 Å². The van der Waals surface area contributed by atoms with E-state index in [2.05, 4.69) is 28.7 Å². The van der Waals surface area contributed by atoms with E-state index in [0.29, 0.717) is 15.1 Å². The van der Waals surface area contributed by atoms with Crippen LogP contribution in [-0.4, -0.2) is 29.5 Å². The minimum Gasteiger partial charge on any atom is -0.508 e. The van der Waals surface area contributed by atoms with Gasteiger partial charge in [-0.3, -0.25) is 0 Å². The highest BCUT2D eigenvalue weighted by Crippen LogP contribution is 2.52. The van der Waals surface area contributed by atoms with Gasteiger partial charge in [-0.15, -0.1) is 0 Å². The SMILES string of the molecule is COc1cc(/C=C/c2ccc3c(c2)C(c2cc(O)cc(O)c2I)C(c2ccc(O)cc2)O3)cc(OC)c1. The predicted molar refractivity (Wildman–Crippen MR) is 151 cm³/mol. The second-order valence-corrected chi connectivity index (χ2v) is 9.83. The maximum absolute atomic E-state index is 10.5. The lowest BCUT2D eigenvalue weighted by molar-refractivity contribution is 0.222. The number of phenols is 3. The Morgan fingerprint density at radius 1 is 0.730 bits per heavy atom. The van der Waals surface area contributed by atoms with Crippen LogP contribution in [0.3, 0.4) is 0 Å². The predicted octanol–water partition coefficient (Wildman–Crippen LogP) is 6.86. The van der Waals surface area contributed by atoms with Crippen LogP contribution in [0.2, 0.25) is 0 Å². The van der Waals surface area contributed by atoms with E-state index < -0.39 is 6.10 Å². The largest absolute Gasteiger partial charge is 0.508 e. The van der Waals surface area contributed by atoms with Gasteiger partial charge in [0.05, 0.1) is 23.7 Å². The number of methoxy groups -OCH3 is 2. The number of phenolic OH excluding ortho intramolecular Hbond substituents is 3. The number of hydrogen-bond donors (Lipinski definition) is 3. The topological polar surface area (TPSA) is 88.4 Å². The van der Waals surface area contributed by atoms with Gasteiger partial charge in [-0.2, -0.15) is 0 Å². The molecule has 5 rings (SSSR count). The molecule has 0 radical (unpaired) electrons. The molecule has 0 spiro atoms. The normalized spacial score (nSPS) is 16.4. The maximum Gasteiger partial charge on any atom is 0.135 e. The zero-order chi connectivity index (χ0) is 26.1. The summed E-state index contributed by atoms with van der Waals surface area (Å²) in [5, 5.41) is 30.6. The molecule has 0 aliphatic carbocycles. The van der Waals surface area contributed by atoms with E-state index in [9.17, 15) is 15.3 Å². The molecule has 1 heterocycles. The van der Waals surface area contributed by atoms with Gasteiger partial charge in [0, 0.05) is 17.7 Å². The smallest absolute Gasteiger partial charge is 0.135 e. The van der Waals surface area contributed by atoms with Crippen molar-refractivity contribution in [3.63, 3.8) is 0 Å². The van der Waals surface area contributed by atoms with Gasteiger partial charge in [-0.25, -0.2) is 0 Å². The summed E-state index contributed by atoms with van der Waals surface area (Å²) >= 11 is 2.10. The highest BCUT2D eigenvalue weighted by molar-refractivity contribution is 14.1. The Hall–Kier alpha value is -3.85. The third kappa shape index (κ3) is 5.04. The van der Waals surface area contributed by atoms with Gasteiger partial charge in [-0.1, -0.05) is 30.4 Å². The first-order valence-corrected chi connectivity index (χ1v) is 12.7. The monoisotopic (exact) mass is 608 g/mol. The van der Waals surface area contributed by atoms with Crippen LogP contribution in [-0.2, 0) is 0 Å². The summed E-state index contributed by atoms with van der Waals surface area (Å²) in [5.41, 5.74) is 4.46. The average molecular weight is 608 g/mol. The highest BCUT2D eigenvalue weighted by Gasteiger charge is 2.38. The Balaban J connectivity index is 1.58. The summed E-state index contributed by atoms with van der Waals surface area (Å²) in [5.74, 6) is 2.00. The zero-order valence-electron chi connectivity index (χ0n) is 20.2. The Labute approximate surface area is 228 Å². The van der Waals surface area contributed by atoms with Crippen molar-refractivity contribution in [2.75, 3.05) is 14.2 Å². The lowest BCUT2D eigenvalue weighted by atomic mass is 9.84. The van der Waals surface area contributed by atoms with Crippen LogP contribution < -0.4 is 14.2 Å². The van der Waals surface area contributed by atoms with Crippen LogP contribution in [0, 0.1) is 3.57 Å². The molecule has 0 amide bonds. The Kier molecular flexibility index (Phi) is 6.88. The van der Waals surface area contributed by atoms with Crippen LogP contribution in [0.5, 0.6) is 34.5 Å². The van der Waals surface area contributed by atoms with Gasteiger partial charge in [0.2, 0.25) is 0 Å². The zero-order valence-corrected chi connectivity index (χ0v) is 22.3. The van der Waals surface area contributed by atoms with Crippen molar-refractivity contribution in [1.29, 1.82) is 0 Å². The molecule has 4 aromatic carbocycles. The molecule has 7 heteroatoms. The molecule has 0 fully saturated rings. The Bertz CT molecular complexity index is 1460. The molecule has 188 valence electrons. The van der Waals surface area contributed by atoms with Crippen LogP contribution in [0.15, 0.2) is 72.8 Å². The first-order valence-electron chi connectivity index (χ1n) is 11.6. The van der Waals surface area contributed by atoms with Crippen molar-refractivity contribution in [3.8, 4) is 34.5 Å². The van der Waals surface area contributed by atoms with Crippen LogP contribution in [0.1, 0.15) is 39.8 Å². The van der Waals surface area contributed by atoms with E-state index in [1.165, 1.54) is 6.07 Å². The van der Waals surface area contributed by atoms with E-state index in [1.807, 2.05) is 54.6 Å². The molecule has 0 aromatic heterocycles. The fraction of sp³-hybridized carbons (Fsp3) is 0.133. The number of benzene rings is 4.